The van der Waals surface area contributed by atoms with Crippen molar-refractivity contribution < 1.29 is 0 Å². The maximum atomic E-state index is 2.43. The van der Waals surface area contributed by atoms with Gasteiger partial charge >= 0.3 is 0 Å². The summed E-state index contributed by atoms with van der Waals surface area (Å²) in [4.78, 5) is 0. The fourth-order valence-corrected chi connectivity index (χ4v) is 4.30. The van der Waals surface area contributed by atoms with Crippen LogP contribution in [0.5, 0.6) is 0 Å². The Morgan fingerprint density at radius 1 is 0.583 bits per heavy atom. The van der Waals surface area contributed by atoms with E-state index in [1.807, 2.05) is 0 Å². The van der Waals surface area contributed by atoms with Crippen LogP contribution in [0.15, 0.2) is 0 Å². The quantitative estimate of drug-likeness (QED) is 0.465. The van der Waals surface area contributed by atoms with Gasteiger partial charge in [0.2, 0.25) is 0 Å². The highest BCUT2D eigenvalue weighted by Crippen LogP contribution is 2.29. The summed E-state index contributed by atoms with van der Waals surface area (Å²) in [6.45, 7) is 6.58. The van der Waals surface area contributed by atoms with Crippen LogP contribution in [0.1, 0.15) is 16.7 Å². The SMILES string of the molecule is Cc1c(I)c(C)c(I)c(C)c1I. The van der Waals surface area contributed by atoms with Gasteiger partial charge in [0.1, 0.15) is 0 Å². The molecule has 0 bridgehead atoms. The van der Waals surface area contributed by atoms with Crippen molar-refractivity contribution in [2.24, 2.45) is 0 Å². The molecule has 0 unspecified atom stereocenters. The molecule has 0 aromatic heterocycles. The Balaban J connectivity index is 3.60. The van der Waals surface area contributed by atoms with Crippen LogP contribution in [-0.2, 0) is 0 Å². The van der Waals surface area contributed by atoms with Gasteiger partial charge in [-0.3, -0.25) is 0 Å². The highest BCUT2D eigenvalue weighted by Gasteiger charge is 2.11. The number of halogens is 3. The third kappa shape index (κ3) is 1.92. The smallest absolute Gasteiger partial charge is 0.0210 e. The monoisotopic (exact) mass is 498 g/mol. The van der Waals surface area contributed by atoms with Crippen molar-refractivity contribution >= 4 is 67.8 Å². The highest BCUT2D eigenvalue weighted by molar-refractivity contribution is 14.1. The maximum Gasteiger partial charge on any atom is 0.0210 e. The second-order valence-corrected chi connectivity index (χ2v) is 6.05. The summed E-state index contributed by atoms with van der Waals surface area (Å²) in [6.07, 6.45) is 0. The summed E-state index contributed by atoms with van der Waals surface area (Å²) in [5.74, 6) is 0. The number of benzene rings is 1. The molecule has 0 atom stereocenters. The standard InChI is InChI=1S/C9H9I3/c1-4-7(10)5(2)9(12)6(3)8(4)11/h1-3H3. The average Bonchev–Trinajstić information content (AvgIpc) is 2.08. The van der Waals surface area contributed by atoms with E-state index in [2.05, 4.69) is 88.5 Å². The predicted molar refractivity (Wildman–Crippen MR) is 78.8 cm³/mol. The van der Waals surface area contributed by atoms with Crippen molar-refractivity contribution in [2.45, 2.75) is 20.8 Å². The average molecular weight is 498 g/mol. The van der Waals surface area contributed by atoms with Crippen LogP contribution in [-0.4, -0.2) is 0 Å². The summed E-state index contributed by atoms with van der Waals surface area (Å²) in [5.41, 5.74) is 4.27. The van der Waals surface area contributed by atoms with Crippen LogP contribution in [0.4, 0.5) is 0 Å². The number of hydrogen-bond donors (Lipinski definition) is 0. The lowest BCUT2D eigenvalue weighted by Crippen LogP contribution is -1.98. The van der Waals surface area contributed by atoms with Gasteiger partial charge in [0.25, 0.3) is 0 Å². The minimum atomic E-state index is 1.41. The molecule has 0 aliphatic rings. The van der Waals surface area contributed by atoms with Crippen molar-refractivity contribution in [1.82, 2.24) is 0 Å². The zero-order valence-corrected chi connectivity index (χ0v) is 13.6. The molecule has 3 heteroatoms. The first-order chi connectivity index (χ1) is 5.46. The van der Waals surface area contributed by atoms with Crippen molar-refractivity contribution in [3.8, 4) is 0 Å². The molecule has 0 spiro atoms. The van der Waals surface area contributed by atoms with Gasteiger partial charge in [-0.25, -0.2) is 0 Å². The first-order valence-corrected chi connectivity index (χ1v) is 6.80. The molecule has 12 heavy (non-hydrogen) atoms. The fourth-order valence-electron chi connectivity index (χ4n) is 1.13. The van der Waals surface area contributed by atoms with E-state index in [0.29, 0.717) is 0 Å². The van der Waals surface area contributed by atoms with Crippen LogP contribution in [0, 0.1) is 31.5 Å². The van der Waals surface area contributed by atoms with Crippen molar-refractivity contribution in [3.05, 3.63) is 27.4 Å². The van der Waals surface area contributed by atoms with E-state index in [1.165, 1.54) is 27.4 Å². The maximum absolute atomic E-state index is 2.43. The third-order valence-corrected chi connectivity index (χ3v) is 6.83. The fraction of sp³-hybridized carbons (Fsp3) is 0.333. The zero-order valence-electron chi connectivity index (χ0n) is 7.13. The highest BCUT2D eigenvalue weighted by atomic mass is 127. The molecule has 0 amide bonds. The van der Waals surface area contributed by atoms with Crippen LogP contribution in [0.3, 0.4) is 0 Å². The van der Waals surface area contributed by atoms with E-state index in [1.54, 1.807) is 0 Å². The van der Waals surface area contributed by atoms with Gasteiger partial charge in [0.05, 0.1) is 0 Å². The molecular formula is C9H9I3. The molecule has 0 aliphatic carbocycles. The molecular weight excluding hydrogens is 489 g/mol. The van der Waals surface area contributed by atoms with Gasteiger partial charge in [-0.1, -0.05) is 0 Å². The molecule has 0 fully saturated rings. The molecule has 0 saturated carbocycles. The predicted octanol–water partition coefficient (Wildman–Crippen LogP) is 4.43. The van der Waals surface area contributed by atoms with Gasteiger partial charge in [-0.2, -0.15) is 0 Å². The zero-order chi connectivity index (χ0) is 9.46. The Hall–Kier alpha value is 1.41. The molecule has 0 nitrogen and oxygen atoms in total. The third-order valence-electron chi connectivity index (χ3n) is 1.98. The Kier molecular flexibility index (Phi) is 4.10. The van der Waals surface area contributed by atoms with Gasteiger partial charge in [0, 0.05) is 10.7 Å². The van der Waals surface area contributed by atoms with Gasteiger partial charge in [0.15, 0.2) is 0 Å². The van der Waals surface area contributed by atoms with E-state index in [-0.39, 0.29) is 0 Å². The molecule has 0 heterocycles. The molecule has 1 rings (SSSR count). The lowest BCUT2D eigenvalue weighted by molar-refractivity contribution is 1.23. The second-order valence-electron chi connectivity index (χ2n) is 2.82. The van der Waals surface area contributed by atoms with Gasteiger partial charge < -0.3 is 0 Å². The molecule has 0 radical (unpaired) electrons. The summed E-state index contributed by atoms with van der Waals surface area (Å²) in [5, 5.41) is 0. The Labute approximate surface area is 114 Å². The van der Waals surface area contributed by atoms with E-state index in [0.717, 1.165) is 0 Å². The molecule has 0 N–H and O–H groups in total. The normalized spacial score (nSPS) is 10.5. The number of hydrogen-bond acceptors (Lipinski definition) is 0. The molecule has 1 aromatic carbocycles. The van der Waals surface area contributed by atoms with Crippen molar-refractivity contribution in [1.29, 1.82) is 0 Å². The first kappa shape index (κ1) is 11.5. The van der Waals surface area contributed by atoms with Gasteiger partial charge in [-0.05, 0) is 105 Å². The molecule has 1 aromatic rings. The minimum Gasteiger partial charge on any atom is -0.0437 e. The Morgan fingerprint density at radius 3 is 0.917 bits per heavy atom. The van der Waals surface area contributed by atoms with E-state index in [9.17, 15) is 0 Å². The molecule has 66 valence electrons. The van der Waals surface area contributed by atoms with Crippen molar-refractivity contribution in [2.75, 3.05) is 0 Å². The minimum absolute atomic E-state index is 1.41. The first-order valence-electron chi connectivity index (χ1n) is 3.57. The Morgan fingerprint density at radius 2 is 0.750 bits per heavy atom. The summed E-state index contributed by atoms with van der Waals surface area (Å²) >= 11 is 7.28. The lowest BCUT2D eigenvalue weighted by atomic mass is 10.1. The Bertz CT molecular complexity index is 224. The van der Waals surface area contributed by atoms with E-state index >= 15 is 0 Å². The van der Waals surface area contributed by atoms with Crippen LogP contribution in [0.2, 0.25) is 0 Å². The number of rotatable bonds is 0. The topological polar surface area (TPSA) is 0 Å². The van der Waals surface area contributed by atoms with Crippen LogP contribution < -0.4 is 0 Å². The summed E-state index contributed by atoms with van der Waals surface area (Å²) in [7, 11) is 0. The van der Waals surface area contributed by atoms with Crippen molar-refractivity contribution in [3.63, 3.8) is 0 Å². The van der Waals surface area contributed by atoms with Crippen LogP contribution in [0.25, 0.3) is 0 Å². The lowest BCUT2D eigenvalue weighted by Gasteiger charge is -2.11. The van der Waals surface area contributed by atoms with Gasteiger partial charge in [-0.15, -0.1) is 0 Å². The summed E-state index contributed by atoms with van der Waals surface area (Å²) < 4.78 is 4.23. The van der Waals surface area contributed by atoms with E-state index in [4.69, 9.17) is 0 Å². The summed E-state index contributed by atoms with van der Waals surface area (Å²) in [6, 6.07) is 0. The van der Waals surface area contributed by atoms with Crippen LogP contribution >= 0.6 is 67.8 Å². The second kappa shape index (κ2) is 4.29. The van der Waals surface area contributed by atoms with E-state index < -0.39 is 0 Å². The largest absolute Gasteiger partial charge is 0.0437 e. The molecule has 0 aliphatic heterocycles. The molecule has 0 saturated heterocycles.